The van der Waals surface area contributed by atoms with Crippen LogP contribution in [0, 0.1) is 0 Å². The molecule has 0 radical (unpaired) electrons. The molecule has 5 heteroatoms. The quantitative estimate of drug-likeness (QED) is 0.780. The van der Waals surface area contributed by atoms with E-state index in [1.54, 1.807) is 0 Å². The summed E-state index contributed by atoms with van der Waals surface area (Å²) in [4.78, 5) is 10.9. The minimum absolute atomic E-state index is 0.0239. The maximum absolute atomic E-state index is 10.9. The molecule has 0 aliphatic carbocycles. The second kappa shape index (κ2) is 6.87. The predicted molar refractivity (Wildman–Crippen MR) is 75.8 cm³/mol. The molecule has 20 heavy (non-hydrogen) atoms. The van der Waals surface area contributed by atoms with Crippen molar-refractivity contribution in [3.05, 3.63) is 0 Å². The Labute approximate surface area is 121 Å². The van der Waals surface area contributed by atoms with Crippen molar-refractivity contribution in [3.63, 3.8) is 0 Å². The first-order chi connectivity index (χ1) is 9.58. The molecule has 0 amide bonds. The SMILES string of the molecule is CCC1(CC)CC(NCC2CCC(C(=O)O)O2)CCO1. The van der Waals surface area contributed by atoms with Crippen molar-refractivity contribution in [2.75, 3.05) is 13.2 Å². The fourth-order valence-corrected chi connectivity index (χ4v) is 3.28. The predicted octanol–water partition coefficient (Wildman–Crippen LogP) is 1.95. The molecule has 2 aliphatic heterocycles. The maximum atomic E-state index is 10.9. The Bertz CT molecular complexity index is 330. The van der Waals surface area contributed by atoms with Crippen LogP contribution in [0.15, 0.2) is 0 Å². The zero-order valence-corrected chi connectivity index (χ0v) is 12.6. The third-order valence-electron chi connectivity index (χ3n) is 4.80. The Kier molecular flexibility index (Phi) is 5.41. The average molecular weight is 285 g/mol. The molecule has 2 fully saturated rings. The van der Waals surface area contributed by atoms with Crippen LogP contribution < -0.4 is 5.32 Å². The standard InChI is InChI=1S/C15H27NO4/c1-3-15(4-2)9-11(7-8-19-15)16-10-12-5-6-13(20-12)14(17)18/h11-13,16H,3-10H2,1-2H3,(H,17,18). The van der Waals surface area contributed by atoms with Crippen LogP contribution in [0.2, 0.25) is 0 Å². The monoisotopic (exact) mass is 285 g/mol. The van der Waals surface area contributed by atoms with Crippen molar-refractivity contribution in [2.45, 2.75) is 76.2 Å². The number of carbonyl (C=O) groups is 1. The molecule has 0 bridgehead atoms. The van der Waals surface area contributed by atoms with Gasteiger partial charge in [-0.2, -0.15) is 0 Å². The van der Waals surface area contributed by atoms with Crippen molar-refractivity contribution in [3.8, 4) is 0 Å². The summed E-state index contributed by atoms with van der Waals surface area (Å²) in [6.07, 6.45) is 5.04. The third kappa shape index (κ3) is 3.71. The Morgan fingerprint density at radius 1 is 1.30 bits per heavy atom. The van der Waals surface area contributed by atoms with Crippen LogP contribution in [0.25, 0.3) is 0 Å². The molecule has 3 unspecified atom stereocenters. The molecule has 2 N–H and O–H groups in total. The Morgan fingerprint density at radius 2 is 2.05 bits per heavy atom. The zero-order valence-electron chi connectivity index (χ0n) is 12.6. The van der Waals surface area contributed by atoms with Crippen LogP contribution in [0.5, 0.6) is 0 Å². The lowest BCUT2D eigenvalue weighted by Crippen LogP contribution is -2.48. The van der Waals surface area contributed by atoms with Gasteiger partial charge in [-0.25, -0.2) is 4.79 Å². The van der Waals surface area contributed by atoms with E-state index in [1.165, 1.54) is 0 Å². The highest BCUT2D eigenvalue weighted by Gasteiger charge is 2.35. The number of ether oxygens (including phenoxy) is 2. The summed E-state index contributed by atoms with van der Waals surface area (Å²) in [6, 6.07) is 0.455. The van der Waals surface area contributed by atoms with Crippen molar-refractivity contribution in [1.29, 1.82) is 0 Å². The molecule has 5 nitrogen and oxygen atoms in total. The summed E-state index contributed by atoms with van der Waals surface area (Å²) < 4.78 is 11.5. The lowest BCUT2D eigenvalue weighted by molar-refractivity contribution is -0.149. The molecule has 116 valence electrons. The molecule has 0 aromatic carbocycles. The summed E-state index contributed by atoms with van der Waals surface area (Å²) in [5.41, 5.74) is 0.0239. The van der Waals surface area contributed by atoms with Gasteiger partial charge in [0.2, 0.25) is 0 Å². The molecule has 3 atom stereocenters. The van der Waals surface area contributed by atoms with Crippen molar-refractivity contribution in [1.82, 2.24) is 5.32 Å². The van der Waals surface area contributed by atoms with Crippen molar-refractivity contribution >= 4 is 5.97 Å². The lowest BCUT2D eigenvalue weighted by Gasteiger charge is -2.40. The van der Waals surface area contributed by atoms with Gasteiger partial charge in [0.1, 0.15) is 0 Å². The van der Waals surface area contributed by atoms with Gasteiger partial charge in [0.25, 0.3) is 0 Å². The third-order valence-corrected chi connectivity index (χ3v) is 4.80. The molecule has 0 aromatic rings. The van der Waals surface area contributed by atoms with E-state index in [1.807, 2.05) is 0 Å². The van der Waals surface area contributed by atoms with E-state index in [4.69, 9.17) is 14.6 Å². The molecule has 2 rings (SSSR count). The number of rotatable bonds is 6. The van der Waals surface area contributed by atoms with Crippen LogP contribution in [-0.4, -0.2) is 48.1 Å². The van der Waals surface area contributed by atoms with Crippen LogP contribution in [0.3, 0.4) is 0 Å². The number of carboxylic acid groups (broad SMARTS) is 1. The van der Waals surface area contributed by atoms with Gasteiger partial charge in [0, 0.05) is 19.2 Å². The topological polar surface area (TPSA) is 67.8 Å². The Balaban J connectivity index is 1.76. The largest absolute Gasteiger partial charge is 0.479 e. The van der Waals surface area contributed by atoms with Crippen molar-refractivity contribution < 1.29 is 19.4 Å². The highest BCUT2D eigenvalue weighted by atomic mass is 16.5. The average Bonchev–Trinajstić information content (AvgIpc) is 2.94. The molecule has 0 spiro atoms. The van der Waals surface area contributed by atoms with Crippen LogP contribution in [0.4, 0.5) is 0 Å². The number of aliphatic carboxylic acids is 1. The van der Waals surface area contributed by atoms with E-state index in [0.717, 1.165) is 45.3 Å². The summed E-state index contributed by atoms with van der Waals surface area (Å²) >= 11 is 0. The summed E-state index contributed by atoms with van der Waals surface area (Å²) in [5, 5.41) is 12.5. The second-order valence-corrected chi connectivity index (χ2v) is 6.00. The first kappa shape index (κ1) is 15.7. The Hall–Kier alpha value is -0.650. The summed E-state index contributed by atoms with van der Waals surface area (Å²) in [6.45, 7) is 5.92. The van der Waals surface area contributed by atoms with Gasteiger partial charge < -0.3 is 19.9 Å². The van der Waals surface area contributed by atoms with Crippen molar-refractivity contribution in [2.24, 2.45) is 0 Å². The summed E-state index contributed by atoms with van der Waals surface area (Å²) in [5.74, 6) is -0.838. The Morgan fingerprint density at radius 3 is 2.65 bits per heavy atom. The molecular weight excluding hydrogens is 258 g/mol. The molecule has 2 saturated heterocycles. The van der Waals surface area contributed by atoms with Crippen LogP contribution in [0.1, 0.15) is 52.4 Å². The molecule has 2 aliphatic rings. The van der Waals surface area contributed by atoms with Gasteiger partial charge >= 0.3 is 5.97 Å². The van der Waals surface area contributed by atoms with Crippen LogP contribution >= 0.6 is 0 Å². The molecule has 0 saturated carbocycles. The van der Waals surface area contributed by atoms with E-state index in [9.17, 15) is 4.79 Å². The zero-order chi connectivity index (χ0) is 14.6. The van der Waals surface area contributed by atoms with Gasteiger partial charge in [0.05, 0.1) is 11.7 Å². The first-order valence-electron chi connectivity index (χ1n) is 7.84. The minimum Gasteiger partial charge on any atom is -0.479 e. The number of nitrogens with one attached hydrogen (secondary N) is 1. The van der Waals surface area contributed by atoms with Gasteiger partial charge in [-0.15, -0.1) is 0 Å². The maximum Gasteiger partial charge on any atom is 0.332 e. The fourth-order valence-electron chi connectivity index (χ4n) is 3.28. The van der Waals surface area contributed by atoms with Gasteiger partial charge in [0.15, 0.2) is 6.10 Å². The minimum atomic E-state index is -0.838. The van der Waals surface area contributed by atoms with E-state index in [-0.39, 0.29) is 11.7 Å². The second-order valence-electron chi connectivity index (χ2n) is 6.00. The van der Waals surface area contributed by atoms with Gasteiger partial charge in [-0.05, 0) is 38.5 Å². The van der Waals surface area contributed by atoms with E-state index < -0.39 is 12.1 Å². The molecule has 2 heterocycles. The highest BCUT2D eigenvalue weighted by Crippen LogP contribution is 2.31. The smallest absolute Gasteiger partial charge is 0.332 e. The normalized spacial score (nSPS) is 33.2. The number of hydrogen-bond acceptors (Lipinski definition) is 4. The number of hydrogen-bond donors (Lipinski definition) is 2. The number of carboxylic acids is 1. The highest BCUT2D eigenvalue weighted by molar-refractivity contribution is 5.72. The fraction of sp³-hybridized carbons (Fsp3) is 0.933. The van der Waals surface area contributed by atoms with Gasteiger partial charge in [-0.1, -0.05) is 13.8 Å². The van der Waals surface area contributed by atoms with E-state index in [2.05, 4.69) is 19.2 Å². The van der Waals surface area contributed by atoms with Gasteiger partial charge in [-0.3, -0.25) is 0 Å². The first-order valence-corrected chi connectivity index (χ1v) is 7.84. The van der Waals surface area contributed by atoms with Crippen LogP contribution in [-0.2, 0) is 14.3 Å². The van der Waals surface area contributed by atoms with E-state index in [0.29, 0.717) is 12.5 Å². The molecular formula is C15H27NO4. The lowest BCUT2D eigenvalue weighted by atomic mass is 9.86. The summed E-state index contributed by atoms with van der Waals surface area (Å²) in [7, 11) is 0. The molecule has 0 aromatic heterocycles. The van der Waals surface area contributed by atoms with E-state index >= 15 is 0 Å².